The van der Waals surface area contributed by atoms with Gasteiger partial charge in [-0.25, -0.2) is 8.42 Å². The Kier molecular flexibility index (Phi) is 5.87. The van der Waals surface area contributed by atoms with Gasteiger partial charge in [-0.3, -0.25) is 0 Å². The van der Waals surface area contributed by atoms with Crippen molar-refractivity contribution in [3.8, 4) is 11.5 Å². The predicted octanol–water partition coefficient (Wildman–Crippen LogP) is -0.579. The molecular formula is C12H9N2NaO5S. The van der Waals surface area contributed by atoms with Gasteiger partial charge in [0.15, 0.2) is 0 Å². The second kappa shape index (κ2) is 7.01. The summed E-state index contributed by atoms with van der Waals surface area (Å²) in [5.74, 6) is -0.348. The van der Waals surface area contributed by atoms with Gasteiger partial charge in [0.25, 0.3) is 0 Å². The van der Waals surface area contributed by atoms with Crippen molar-refractivity contribution in [1.82, 2.24) is 0 Å². The van der Waals surface area contributed by atoms with Crippen molar-refractivity contribution in [3.63, 3.8) is 0 Å². The smallest absolute Gasteiger partial charge is 0.744 e. The Bertz CT molecular complexity index is 760. The number of rotatable bonds is 3. The van der Waals surface area contributed by atoms with Crippen LogP contribution in [0.4, 0.5) is 11.4 Å². The minimum Gasteiger partial charge on any atom is -0.744 e. The third-order valence-electron chi connectivity index (χ3n) is 2.36. The molecule has 0 saturated carbocycles. The minimum atomic E-state index is -4.49. The summed E-state index contributed by atoms with van der Waals surface area (Å²) >= 11 is 0. The van der Waals surface area contributed by atoms with Crippen molar-refractivity contribution in [1.29, 1.82) is 0 Å². The van der Waals surface area contributed by atoms with Crippen molar-refractivity contribution < 1.29 is 52.7 Å². The molecular weight excluding hydrogens is 307 g/mol. The molecule has 9 heteroatoms. The molecule has 0 aliphatic carbocycles. The van der Waals surface area contributed by atoms with Gasteiger partial charge in [-0.05, 0) is 36.4 Å². The molecule has 0 aliphatic rings. The molecule has 0 fully saturated rings. The van der Waals surface area contributed by atoms with Crippen LogP contribution in [-0.2, 0) is 10.1 Å². The number of benzene rings is 2. The molecule has 0 radical (unpaired) electrons. The molecule has 7 nitrogen and oxygen atoms in total. The molecule has 2 aromatic rings. The van der Waals surface area contributed by atoms with E-state index in [9.17, 15) is 18.1 Å². The number of phenols is 2. The van der Waals surface area contributed by atoms with Crippen LogP contribution >= 0.6 is 0 Å². The van der Waals surface area contributed by atoms with Gasteiger partial charge in [-0.15, -0.1) is 5.11 Å². The molecule has 0 spiro atoms. The van der Waals surface area contributed by atoms with Gasteiger partial charge in [-0.1, -0.05) is 0 Å². The van der Waals surface area contributed by atoms with E-state index in [1.807, 2.05) is 0 Å². The predicted molar refractivity (Wildman–Crippen MR) is 68.4 cm³/mol. The van der Waals surface area contributed by atoms with Crippen LogP contribution in [-0.4, -0.2) is 23.2 Å². The van der Waals surface area contributed by atoms with E-state index in [4.69, 9.17) is 5.11 Å². The van der Waals surface area contributed by atoms with Crippen LogP contribution in [0.1, 0.15) is 0 Å². The monoisotopic (exact) mass is 316 g/mol. The van der Waals surface area contributed by atoms with Gasteiger partial charge in [0.05, 0.1) is 10.6 Å². The summed E-state index contributed by atoms with van der Waals surface area (Å²) in [5.41, 5.74) is 0.452. The molecule has 104 valence electrons. The second-order valence-corrected chi connectivity index (χ2v) is 5.20. The molecule has 0 bridgehead atoms. The molecule has 0 unspecified atom stereocenters. The molecule has 2 N–H and O–H groups in total. The Labute approximate surface area is 143 Å². The zero-order valence-electron chi connectivity index (χ0n) is 11.0. The molecule has 0 amide bonds. The quantitative estimate of drug-likeness (QED) is 0.446. The topological polar surface area (TPSA) is 122 Å². The summed E-state index contributed by atoms with van der Waals surface area (Å²) in [7, 11) is -4.49. The Morgan fingerprint density at radius 1 is 0.952 bits per heavy atom. The van der Waals surface area contributed by atoms with Crippen LogP contribution in [0.5, 0.6) is 11.5 Å². The SMILES string of the molecule is O=S(=O)([O-])c1ccc(N=Nc2ccc(O)cc2O)cc1.[Na+]. The Morgan fingerprint density at radius 2 is 1.57 bits per heavy atom. The minimum absolute atomic E-state index is 0. The largest absolute Gasteiger partial charge is 1.00 e. The summed E-state index contributed by atoms with van der Waals surface area (Å²) in [4.78, 5) is -0.357. The Hall–Kier alpha value is -1.45. The Morgan fingerprint density at radius 3 is 2.10 bits per heavy atom. The first-order valence-electron chi connectivity index (χ1n) is 5.36. The van der Waals surface area contributed by atoms with E-state index in [1.54, 1.807) is 0 Å². The summed E-state index contributed by atoms with van der Waals surface area (Å²) < 4.78 is 32.2. The van der Waals surface area contributed by atoms with Gasteiger partial charge in [0.2, 0.25) is 0 Å². The maximum absolute atomic E-state index is 10.7. The van der Waals surface area contributed by atoms with Gasteiger partial charge in [0, 0.05) is 6.07 Å². The number of aromatic hydroxyl groups is 2. The summed E-state index contributed by atoms with van der Waals surface area (Å²) in [6.07, 6.45) is 0. The second-order valence-electron chi connectivity index (χ2n) is 3.82. The standard InChI is InChI=1S/C12H10N2O5S.Na/c15-9-3-6-11(12(16)7-9)14-13-8-1-4-10(5-2-8)20(17,18)19;/h1-7,15-16H,(H,17,18,19);/q;+1/p-1. The van der Waals surface area contributed by atoms with Gasteiger partial charge in [0.1, 0.15) is 27.3 Å². The van der Waals surface area contributed by atoms with E-state index in [-0.39, 0.29) is 51.6 Å². The number of hydrogen-bond acceptors (Lipinski definition) is 7. The molecule has 2 aromatic carbocycles. The van der Waals surface area contributed by atoms with E-state index in [0.717, 1.165) is 18.2 Å². The molecule has 0 atom stereocenters. The van der Waals surface area contributed by atoms with E-state index in [2.05, 4.69) is 10.2 Å². The molecule has 21 heavy (non-hydrogen) atoms. The normalized spacial score (nSPS) is 11.3. The van der Waals surface area contributed by atoms with Crippen molar-refractivity contribution in [3.05, 3.63) is 42.5 Å². The van der Waals surface area contributed by atoms with E-state index in [1.165, 1.54) is 24.3 Å². The van der Waals surface area contributed by atoms with Gasteiger partial charge < -0.3 is 14.8 Å². The van der Waals surface area contributed by atoms with Crippen molar-refractivity contribution in [2.45, 2.75) is 4.90 Å². The van der Waals surface area contributed by atoms with E-state index >= 15 is 0 Å². The third kappa shape index (κ3) is 4.80. The summed E-state index contributed by atoms with van der Waals surface area (Å²) in [5, 5.41) is 26.1. The number of phenolic OH excluding ortho intramolecular Hbond substituents is 2. The summed E-state index contributed by atoms with van der Waals surface area (Å²) in [6, 6.07) is 8.67. The first-order valence-corrected chi connectivity index (χ1v) is 6.77. The summed E-state index contributed by atoms with van der Waals surface area (Å²) in [6.45, 7) is 0. The van der Waals surface area contributed by atoms with Crippen molar-refractivity contribution >= 4 is 21.5 Å². The number of nitrogens with zero attached hydrogens (tertiary/aromatic N) is 2. The van der Waals surface area contributed by atoms with Crippen molar-refractivity contribution in [2.24, 2.45) is 10.2 Å². The number of azo groups is 1. The number of hydrogen-bond donors (Lipinski definition) is 2. The zero-order chi connectivity index (χ0) is 14.8. The molecule has 0 aliphatic heterocycles. The van der Waals surface area contributed by atoms with Crippen LogP contribution < -0.4 is 29.6 Å². The average Bonchev–Trinajstić information content (AvgIpc) is 2.37. The fourth-order valence-corrected chi connectivity index (χ4v) is 1.86. The maximum Gasteiger partial charge on any atom is 1.00 e. The van der Waals surface area contributed by atoms with Gasteiger partial charge >= 0.3 is 29.6 Å². The van der Waals surface area contributed by atoms with Crippen LogP contribution in [0.3, 0.4) is 0 Å². The molecule has 0 saturated heterocycles. The van der Waals surface area contributed by atoms with Crippen molar-refractivity contribution in [2.75, 3.05) is 0 Å². The Balaban J connectivity index is 0.00000220. The molecule has 2 rings (SSSR count). The fraction of sp³-hybridized carbons (Fsp3) is 0. The first kappa shape index (κ1) is 17.6. The molecule has 0 heterocycles. The van der Waals surface area contributed by atoms with Crippen LogP contribution in [0.15, 0.2) is 57.6 Å². The molecule has 0 aromatic heterocycles. The van der Waals surface area contributed by atoms with E-state index < -0.39 is 10.1 Å². The first-order chi connectivity index (χ1) is 9.36. The van der Waals surface area contributed by atoms with Gasteiger partial charge in [-0.2, -0.15) is 5.11 Å². The fourth-order valence-electron chi connectivity index (χ4n) is 1.39. The average molecular weight is 316 g/mol. The zero-order valence-corrected chi connectivity index (χ0v) is 13.8. The van der Waals surface area contributed by atoms with E-state index in [0.29, 0.717) is 5.69 Å². The van der Waals surface area contributed by atoms with Crippen LogP contribution in [0.2, 0.25) is 0 Å². The van der Waals surface area contributed by atoms with Crippen LogP contribution in [0, 0.1) is 0 Å². The van der Waals surface area contributed by atoms with Crippen LogP contribution in [0.25, 0.3) is 0 Å². The maximum atomic E-state index is 10.7. The third-order valence-corrected chi connectivity index (χ3v) is 3.21.